The minimum Gasteiger partial charge on any atom is -0.545 e. The first kappa shape index (κ1) is 11.7. The Morgan fingerprint density at radius 3 is 2.50 bits per heavy atom. The molecule has 0 radical (unpaired) electrons. The van der Waals surface area contributed by atoms with E-state index in [-0.39, 0.29) is 12.1 Å². The lowest BCUT2D eigenvalue weighted by Crippen LogP contribution is -2.22. The van der Waals surface area contributed by atoms with E-state index in [1.54, 1.807) is 12.1 Å². The first-order valence-corrected chi connectivity index (χ1v) is 4.90. The highest BCUT2D eigenvalue weighted by molar-refractivity contribution is 5.85. The molecule has 0 fully saturated rings. The Bertz CT molecular complexity index is 590. The monoisotopic (exact) mass is 247 g/mol. The molecule has 0 saturated carbocycles. The van der Waals surface area contributed by atoms with E-state index < -0.39 is 16.8 Å². The summed E-state index contributed by atoms with van der Waals surface area (Å²) in [5, 5.41) is 24.6. The molecule has 2 rings (SSSR count). The van der Waals surface area contributed by atoms with Gasteiger partial charge in [-0.1, -0.05) is 29.2 Å². The van der Waals surface area contributed by atoms with Crippen molar-refractivity contribution in [1.82, 2.24) is 14.8 Å². The molecule has 0 N–H and O–H groups in total. The van der Waals surface area contributed by atoms with Crippen LogP contribution in [0.25, 0.3) is 0 Å². The van der Waals surface area contributed by atoms with Crippen LogP contribution in [0.1, 0.15) is 15.9 Å². The number of carboxylic acid groups (broad SMARTS) is 1. The molecular formula is C10H7N4O4-. The second-order valence-electron chi connectivity index (χ2n) is 3.48. The lowest BCUT2D eigenvalue weighted by Gasteiger charge is -2.03. The second-order valence-corrected chi connectivity index (χ2v) is 3.48. The molecule has 8 heteroatoms. The van der Waals surface area contributed by atoms with Gasteiger partial charge in [0.1, 0.15) is 0 Å². The fourth-order valence-electron chi connectivity index (χ4n) is 1.38. The Labute approximate surface area is 101 Å². The zero-order valence-electron chi connectivity index (χ0n) is 9.02. The predicted molar refractivity (Wildman–Crippen MR) is 56.6 cm³/mol. The maximum absolute atomic E-state index is 10.5. The van der Waals surface area contributed by atoms with Gasteiger partial charge in [-0.25, -0.2) is 0 Å². The van der Waals surface area contributed by atoms with E-state index in [2.05, 4.69) is 10.1 Å². The average molecular weight is 247 g/mol. The van der Waals surface area contributed by atoms with Crippen LogP contribution in [0.2, 0.25) is 0 Å². The summed E-state index contributed by atoms with van der Waals surface area (Å²) in [5.41, 5.74) is 0.822. The summed E-state index contributed by atoms with van der Waals surface area (Å²) in [5.74, 6) is -1.72. The molecule has 1 aromatic carbocycles. The van der Waals surface area contributed by atoms with Crippen LogP contribution in [0.15, 0.2) is 30.6 Å². The lowest BCUT2D eigenvalue weighted by atomic mass is 10.1. The van der Waals surface area contributed by atoms with Crippen molar-refractivity contribution in [1.29, 1.82) is 0 Å². The van der Waals surface area contributed by atoms with Gasteiger partial charge in [-0.05, 0) is 16.1 Å². The van der Waals surface area contributed by atoms with Gasteiger partial charge in [0.25, 0.3) is 0 Å². The molecule has 0 aliphatic carbocycles. The van der Waals surface area contributed by atoms with Crippen LogP contribution in [-0.2, 0) is 6.54 Å². The molecule has 0 aliphatic rings. The van der Waals surface area contributed by atoms with Crippen molar-refractivity contribution < 1.29 is 14.8 Å². The van der Waals surface area contributed by atoms with Crippen LogP contribution in [0.3, 0.4) is 0 Å². The summed E-state index contributed by atoms with van der Waals surface area (Å²) >= 11 is 0. The quantitative estimate of drug-likeness (QED) is 0.536. The van der Waals surface area contributed by atoms with Gasteiger partial charge < -0.3 is 20.0 Å². The number of aromatic carboxylic acids is 1. The Morgan fingerprint density at radius 1 is 1.33 bits per heavy atom. The zero-order chi connectivity index (χ0) is 13.1. The summed E-state index contributed by atoms with van der Waals surface area (Å²) in [6.45, 7) is 0.272. The Balaban J connectivity index is 2.13. The molecule has 2 aromatic rings. The normalized spacial score (nSPS) is 10.2. The van der Waals surface area contributed by atoms with Crippen molar-refractivity contribution in [3.8, 4) is 0 Å². The van der Waals surface area contributed by atoms with E-state index in [0.717, 1.165) is 5.56 Å². The first-order chi connectivity index (χ1) is 8.56. The average Bonchev–Trinajstić information content (AvgIpc) is 2.78. The topological polar surface area (TPSA) is 114 Å². The molecule has 0 spiro atoms. The number of carbonyl (C=O) groups is 1. The molecule has 0 aliphatic heterocycles. The smallest absolute Gasteiger partial charge is 0.490 e. The zero-order valence-corrected chi connectivity index (χ0v) is 9.02. The third kappa shape index (κ3) is 2.48. The summed E-state index contributed by atoms with van der Waals surface area (Å²) in [4.78, 5) is 23.7. The standard InChI is InChI=1S/C10H8N4O4/c15-9(16)8-3-1-7(2-4-8)5-13-6-11-10(12-13)14(17)18/h1-4,6H,5H2,(H,15,16)/p-1. The third-order valence-electron chi connectivity index (χ3n) is 2.22. The largest absolute Gasteiger partial charge is 0.545 e. The van der Waals surface area contributed by atoms with Crippen LogP contribution in [-0.4, -0.2) is 25.7 Å². The molecule has 18 heavy (non-hydrogen) atoms. The number of hydrogen-bond acceptors (Lipinski definition) is 6. The molecule has 0 bridgehead atoms. The van der Waals surface area contributed by atoms with Crippen molar-refractivity contribution in [2.24, 2.45) is 0 Å². The Hall–Kier alpha value is -2.77. The van der Waals surface area contributed by atoms with Gasteiger partial charge in [-0.2, -0.15) is 4.68 Å². The first-order valence-electron chi connectivity index (χ1n) is 4.90. The van der Waals surface area contributed by atoms with Crippen molar-refractivity contribution in [2.75, 3.05) is 0 Å². The number of rotatable bonds is 4. The number of benzene rings is 1. The van der Waals surface area contributed by atoms with Gasteiger partial charge in [0.15, 0.2) is 0 Å². The molecule has 0 saturated heterocycles. The van der Waals surface area contributed by atoms with E-state index in [9.17, 15) is 20.0 Å². The van der Waals surface area contributed by atoms with Gasteiger partial charge >= 0.3 is 5.95 Å². The number of carbonyl (C=O) groups excluding carboxylic acids is 1. The summed E-state index contributed by atoms with van der Waals surface area (Å²) < 4.78 is 1.30. The van der Waals surface area contributed by atoms with E-state index in [4.69, 9.17) is 0 Å². The van der Waals surface area contributed by atoms with Gasteiger partial charge in [0.2, 0.25) is 6.33 Å². The van der Waals surface area contributed by atoms with E-state index in [0.29, 0.717) is 0 Å². The molecule has 0 unspecified atom stereocenters. The second kappa shape index (κ2) is 4.62. The Kier molecular flexibility index (Phi) is 3.00. The van der Waals surface area contributed by atoms with Gasteiger partial charge in [0.05, 0.1) is 12.5 Å². The SMILES string of the molecule is O=C([O-])c1ccc(Cn2cnc([N+](=O)[O-])n2)cc1. The van der Waals surface area contributed by atoms with E-state index >= 15 is 0 Å². The highest BCUT2D eigenvalue weighted by Crippen LogP contribution is 2.07. The predicted octanol–water partition coefficient (Wildman–Crippen LogP) is -0.402. The van der Waals surface area contributed by atoms with Gasteiger partial charge in [0, 0.05) is 5.10 Å². The van der Waals surface area contributed by atoms with E-state index in [1.807, 2.05) is 0 Å². The number of carboxylic acids is 1. The van der Waals surface area contributed by atoms with Crippen LogP contribution in [0.5, 0.6) is 0 Å². The van der Waals surface area contributed by atoms with Crippen LogP contribution in [0.4, 0.5) is 5.95 Å². The fourth-order valence-corrected chi connectivity index (χ4v) is 1.38. The molecule has 0 atom stereocenters. The maximum atomic E-state index is 10.5. The molecule has 92 valence electrons. The molecular weight excluding hydrogens is 240 g/mol. The summed E-state index contributed by atoms with van der Waals surface area (Å²) in [6.07, 6.45) is 1.24. The maximum Gasteiger partial charge on any atom is 0.490 e. The molecule has 8 nitrogen and oxygen atoms in total. The Morgan fingerprint density at radius 2 is 2.00 bits per heavy atom. The number of nitrogens with zero attached hydrogens (tertiary/aromatic N) is 4. The van der Waals surface area contributed by atoms with Crippen LogP contribution >= 0.6 is 0 Å². The summed E-state index contributed by atoms with van der Waals surface area (Å²) in [6, 6.07) is 5.96. The number of nitro groups is 1. The van der Waals surface area contributed by atoms with Gasteiger partial charge in [-0.15, -0.1) is 0 Å². The van der Waals surface area contributed by atoms with Crippen molar-refractivity contribution in [3.63, 3.8) is 0 Å². The number of hydrogen-bond donors (Lipinski definition) is 0. The molecule has 1 aromatic heterocycles. The minimum absolute atomic E-state index is 0.0725. The molecule has 0 amide bonds. The number of aromatic nitrogens is 3. The van der Waals surface area contributed by atoms with Crippen molar-refractivity contribution >= 4 is 11.9 Å². The summed E-state index contributed by atoms with van der Waals surface area (Å²) in [7, 11) is 0. The van der Waals surface area contributed by atoms with Crippen molar-refractivity contribution in [2.45, 2.75) is 6.54 Å². The van der Waals surface area contributed by atoms with Crippen LogP contribution < -0.4 is 5.11 Å². The van der Waals surface area contributed by atoms with E-state index in [1.165, 1.54) is 23.1 Å². The van der Waals surface area contributed by atoms with Crippen LogP contribution in [0, 0.1) is 10.1 Å². The molecule has 1 heterocycles. The van der Waals surface area contributed by atoms with Gasteiger partial charge in [-0.3, -0.25) is 0 Å². The minimum atomic E-state index is -1.25. The highest BCUT2D eigenvalue weighted by atomic mass is 16.6. The van der Waals surface area contributed by atoms with Crippen molar-refractivity contribution in [3.05, 3.63) is 51.8 Å². The third-order valence-corrected chi connectivity index (χ3v) is 2.22. The highest BCUT2D eigenvalue weighted by Gasteiger charge is 2.12. The fraction of sp³-hybridized carbons (Fsp3) is 0.100. The lowest BCUT2D eigenvalue weighted by molar-refractivity contribution is -0.394.